The van der Waals surface area contributed by atoms with E-state index in [1.54, 1.807) is 4.90 Å². The highest BCUT2D eigenvalue weighted by Crippen LogP contribution is 2.41. The molecule has 0 aromatic carbocycles. The lowest BCUT2D eigenvalue weighted by Crippen LogP contribution is -2.42. The summed E-state index contributed by atoms with van der Waals surface area (Å²) in [6, 6.07) is 0.274. The predicted molar refractivity (Wildman–Crippen MR) is 70.0 cm³/mol. The summed E-state index contributed by atoms with van der Waals surface area (Å²) in [5.74, 6) is -1.78. The number of hydrogen-bond donors (Lipinski definition) is 0. The molecule has 0 N–H and O–H groups in total. The summed E-state index contributed by atoms with van der Waals surface area (Å²) < 4.78 is 38.3. The molecule has 0 radical (unpaired) electrons. The molecular formula is C13H19BrF3NO. The van der Waals surface area contributed by atoms with Gasteiger partial charge in [0.2, 0.25) is 5.91 Å². The maximum Gasteiger partial charge on any atom is 0.391 e. The molecule has 0 saturated heterocycles. The Balaban J connectivity index is 1.97. The second kappa shape index (κ2) is 6.02. The Morgan fingerprint density at radius 3 is 2.42 bits per heavy atom. The minimum absolute atomic E-state index is 0.0200. The SMILES string of the molecule is O=C(C1CCCC(C(F)(F)F)C1)N(CCBr)C1CC1. The zero-order chi connectivity index (χ0) is 14.0. The highest BCUT2D eigenvalue weighted by molar-refractivity contribution is 9.09. The van der Waals surface area contributed by atoms with E-state index in [0.29, 0.717) is 24.7 Å². The molecule has 2 rings (SSSR count). The number of halogens is 4. The van der Waals surface area contributed by atoms with Crippen LogP contribution in [0.1, 0.15) is 38.5 Å². The Kier molecular flexibility index (Phi) is 4.79. The van der Waals surface area contributed by atoms with E-state index in [2.05, 4.69) is 15.9 Å². The first-order valence-corrected chi connectivity index (χ1v) is 7.98. The molecular weight excluding hydrogens is 323 g/mol. The average molecular weight is 342 g/mol. The van der Waals surface area contributed by atoms with E-state index in [4.69, 9.17) is 0 Å². The van der Waals surface area contributed by atoms with Crippen LogP contribution in [0.4, 0.5) is 13.2 Å². The Morgan fingerprint density at radius 2 is 1.89 bits per heavy atom. The zero-order valence-electron chi connectivity index (χ0n) is 10.8. The number of hydrogen-bond acceptors (Lipinski definition) is 1. The quantitative estimate of drug-likeness (QED) is 0.713. The maximum atomic E-state index is 12.8. The van der Waals surface area contributed by atoms with Crippen LogP contribution in [0, 0.1) is 11.8 Å². The minimum Gasteiger partial charge on any atom is -0.339 e. The number of nitrogens with zero attached hydrogens (tertiary/aromatic N) is 1. The van der Waals surface area contributed by atoms with Gasteiger partial charge < -0.3 is 4.90 Å². The van der Waals surface area contributed by atoms with Crippen LogP contribution in [-0.4, -0.2) is 34.9 Å². The molecule has 2 fully saturated rings. The van der Waals surface area contributed by atoms with E-state index in [0.717, 1.165) is 12.8 Å². The Labute approximate surface area is 119 Å². The average Bonchev–Trinajstić information content (AvgIpc) is 3.18. The van der Waals surface area contributed by atoms with Crippen molar-refractivity contribution >= 4 is 21.8 Å². The van der Waals surface area contributed by atoms with Gasteiger partial charge in [0.25, 0.3) is 0 Å². The third-order valence-electron chi connectivity index (χ3n) is 4.08. The van der Waals surface area contributed by atoms with Crippen molar-refractivity contribution in [2.24, 2.45) is 11.8 Å². The molecule has 2 saturated carbocycles. The number of alkyl halides is 4. The van der Waals surface area contributed by atoms with Crippen LogP contribution < -0.4 is 0 Å². The van der Waals surface area contributed by atoms with Gasteiger partial charge in [0, 0.05) is 23.8 Å². The molecule has 0 bridgehead atoms. The van der Waals surface area contributed by atoms with Crippen molar-refractivity contribution in [1.82, 2.24) is 4.90 Å². The van der Waals surface area contributed by atoms with Gasteiger partial charge in [-0.3, -0.25) is 4.79 Å². The van der Waals surface area contributed by atoms with Crippen LogP contribution in [0.15, 0.2) is 0 Å². The van der Waals surface area contributed by atoms with Crippen molar-refractivity contribution < 1.29 is 18.0 Å². The third kappa shape index (κ3) is 3.86. The molecule has 110 valence electrons. The van der Waals surface area contributed by atoms with Crippen LogP contribution in [0.2, 0.25) is 0 Å². The van der Waals surface area contributed by atoms with Gasteiger partial charge in [-0.05, 0) is 32.1 Å². The normalized spacial score (nSPS) is 28.2. The van der Waals surface area contributed by atoms with Crippen LogP contribution in [-0.2, 0) is 4.79 Å². The van der Waals surface area contributed by atoms with Gasteiger partial charge in [0.1, 0.15) is 0 Å². The van der Waals surface area contributed by atoms with Crippen LogP contribution >= 0.6 is 15.9 Å². The largest absolute Gasteiger partial charge is 0.391 e. The molecule has 0 aromatic rings. The van der Waals surface area contributed by atoms with Gasteiger partial charge in [-0.2, -0.15) is 13.2 Å². The van der Waals surface area contributed by atoms with Gasteiger partial charge >= 0.3 is 6.18 Å². The number of amides is 1. The first-order chi connectivity index (χ1) is 8.93. The monoisotopic (exact) mass is 341 g/mol. The molecule has 0 aliphatic heterocycles. The summed E-state index contributed by atoms with van der Waals surface area (Å²) in [6.07, 6.45) is -0.894. The van der Waals surface area contributed by atoms with E-state index < -0.39 is 18.0 Å². The summed E-state index contributed by atoms with van der Waals surface area (Å²) in [5.41, 5.74) is 0. The van der Waals surface area contributed by atoms with E-state index in [9.17, 15) is 18.0 Å². The van der Waals surface area contributed by atoms with E-state index in [1.807, 2.05) is 0 Å². The third-order valence-corrected chi connectivity index (χ3v) is 4.44. The van der Waals surface area contributed by atoms with Crippen molar-refractivity contribution in [2.75, 3.05) is 11.9 Å². The highest BCUT2D eigenvalue weighted by Gasteiger charge is 2.45. The molecule has 2 aliphatic carbocycles. The second-order valence-electron chi connectivity index (χ2n) is 5.55. The summed E-state index contributed by atoms with van der Waals surface area (Å²) in [5, 5.41) is 0.685. The number of carbonyl (C=O) groups excluding carboxylic acids is 1. The van der Waals surface area contributed by atoms with Crippen molar-refractivity contribution in [1.29, 1.82) is 0 Å². The first-order valence-electron chi connectivity index (χ1n) is 6.86. The Morgan fingerprint density at radius 1 is 1.21 bits per heavy atom. The topological polar surface area (TPSA) is 20.3 Å². The highest BCUT2D eigenvalue weighted by atomic mass is 79.9. The van der Waals surface area contributed by atoms with E-state index in [1.165, 1.54) is 0 Å². The van der Waals surface area contributed by atoms with Crippen LogP contribution in [0.5, 0.6) is 0 Å². The molecule has 2 unspecified atom stereocenters. The molecule has 1 amide bonds. The fourth-order valence-electron chi connectivity index (χ4n) is 2.90. The van der Waals surface area contributed by atoms with Crippen LogP contribution in [0.25, 0.3) is 0 Å². The number of carbonyl (C=O) groups is 1. The fraction of sp³-hybridized carbons (Fsp3) is 0.923. The van der Waals surface area contributed by atoms with E-state index >= 15 is 0 Å². The molecule has 6 heteroatoms. The number of rotatable bonds is 4. The second-order valence-corrected chi connectivity index (χ2v) is 6.35. The van der Waals surface area contributed by atoms with Crippen molar-refractivity contribution in [3.63, 3.8) is 0 Å². The van der Waals surface area contributed by atoms with Gasteiger partial charge in [-0.1, -0.05) is 22.4 Å². The maximum absolute atomic E-state index is 12.8. The molecule has 19 heavy (non-hydrogen) atoms. The molecule has 2 aliphatic rings. The summed E-state index contributed by atoms with van der Waals surface area (Å²) >= 11 is 3.31. The lowest BCUT2D eigenvalue weighted by molar-refractivity contribution is -0.187. The predicted octanol–water partition coefficient (Wildman–Crippen LogP) is 3.74. The molecule has 0 aromatic heterocycles. The van der Waals surface area contributed by atoms with Crippen molar-refractivity contribution in [3.05, 3.63) is 0 Å². The molecule has 0 heterocycles. The summed E-state index contributed by atoms with van der Waals surface area (Å²) in [7, 11) is 0. The minimum atomic E-state index is -4.15. The lowest BCUT2D eigenvalue weighted by atomic mass is 9.80. The zero-order valence-corrected chi connectivity index (χ0v) is 12.3. The van der Waals surface area contributed by atoms with Gasteiger partial charge in [0.15, 0.2) is 0 Å². The Hall–Kier alpha value is -0.260. The van der Waals surface area contributed by atoms with Crippen molar-refractivity contribution in [3.8, 4) is 0 Å². The summed E-state index contributed by atoms with van der Waals surface area (Å²) in [4.78, 5) is 14.2. The molecule has 2 nitrogen and oxygen atoms in total. The summed E-state index contributed by atoms with van der Waals surface area (Å²) in [6.45, 7) is 0.608. The first kappa shape index (κ1) is 15.1. The molecule has 2 atom stereocenters. The van der Waals surface area contributed by atoms with E-state index in [-0.39, 0.29) is 24.8 Å². The van der Waals surface area contributed by atoms with Gasteiger partial charge in [-0.25, -0.2) is 0 Å². The standard InChI is InChI=1S/C13H19BrF3NO/c14-6-7-18(11-4-5-11)12(19)9-2-1-3-10(8-9)13(15,16)17/h9-11H,1-8H2. The lowest BCUT2D eigenvalue weighted by Gasteiger charge is -2.33. The van der Waals surface area contributed by atoms with Crippen molar-refractivity contribution in [2.45, 2.75) is 50.7 Å². The Bertz CT molecular complexity index is 330. The van der Waals surface area contributed by atoms with Gasteiger partial charge in [0.05, 0.1) is 5.92 Å². The van der Waals surface area contributed by atoms with Gasteiger partial charge in [-0.15, -0.1) is 0 Å². The smallest absolute Gasteiger partial charge is 0.339 e. The van der Waals surface area contributed by atoms with Crippen LogP contribution in [0.3, 0.4) is 0 Å². The molecule has 0 spiro atoms. The fourth-order valence-corrected chi connectivity index (χ4v) is 3.28.